The highest BCUT2D eigenvalue weighted by Crippen LogP contribution is 2.14. The molecule has 0 bridgehead atoms. The van der Waals surface area contributed by atoms with Crippen molar-refractivity contribution in [2.24, 2.45) is 0 Å². The number of carbonyl (C=O) groups is 2. The zero-order valence-corrected chi connectivity index (χ0v) is 17.6. The summed E-state index contributed by atoms with van der Waals surface area (Å²) in [5.41, 5.74) is 2.35. The molecule has 0 atom stereocenters. The smallest absolute Gasteiger partial charge is 0.253 e. The number of anilines is 1. The fraction of sp³-hybridized carbons (Fsp3) is 0.333. The van der Waals surface area contributed by atoms with Crippen molar-refractivity contribution in [3.63, 3.8) is 0 Å². The van der Waals surface area contributed by atoms with Gasteiger partial charge in [-0.25, -0.2) is 0 Å². The van der Waals surface area contributed by atoms with Crippen molar-refractivity contribution in [2.75, 3.05) is 38.0 Å². The van der Waals surface area contributed by atoms with Gasteiger partial charge in [-0.3, -0.25) is 9.59 Å². The number of carbonyl (C=O) groups excluding carboxylic acids is 2. The highest BCUT2D eigenvalue weighted by atomic mass is 127. The summed E-state index contributed by atoms with van der Waals surface area (Å²) in [6.45, 7) is 6.55. The minimum absolute atomic E-state index is 0.0579. The van der Waals surface area contributed by atoms with Gasteiger partial charge in [-0.05, 0) is 71.1 Å². The lowest BCUT2D eigenvalue weighted by Crippen LogP contribution is -2.48. The Kier molecular flexibility index (Phi) is 6.84. The Bertz CT molecular complexity index is 799. The van der Waals surface area contributed by atoms with Gasteiger partial charge in [0.25, 0.3) is 5.91 Å². The summed E-state index contributed by atoms with van der Waals surface area (Å²) in [7, 11) is 0. The summed E-state index contributed by atoms with van der Waals surface area (Å²) in [4.78, 5) is 29.1. The fourth-order valence-electron chi connectivity index (χ4n) is 3.18. The van der Waals surface area contributed by atoms with Gasteiger partial charge in [-0.2, -0.15) is 0 Å². The van der Waals surface area contributed by atoms with Crippen LogP contribution in [0.4, 0.5) is 5.69 Å². The Hall–Kier alpha value is -1.93. The summed E-state index contributed by atoms with van der Waals surface area (Å²) in [6, 6.07) is 15.1. The quantitative estimate of drug-likeness (QED) is 0.673. The maximum absolute atomic E-state index is 12.6. The average Bonchev–Trinajstić information content (AvgIpc) is 2.68. The maximum atomic E-state index is 12.6. The molecule has 0 radical (unpaired) electrons. The van der Waals surface area contributed by atoms with Crippen molar-refractivity contribution >= 4 is 40.1 Å². The molecule has 0 aliphatic carbocycles. The van der Waals surface area contributed by atoms with Crippen molar-refractivity contribution < 1.29 is 9.59 Å². The van der Waals surface area contributed by atoms with E-state index < -0.39 is 0 Å². The molecule has 1 aliphatic rings. The van der Waals surface area contributed by atoms with E-state index in [1.807, 2.05) is 29.2 Å². The number of nitrogens with one attached hydrogen (secondary N) is 1. The minimum atomic E-state index is -0.0632. The van der Waals surface area contributed by atoms with Gasteiger partial charge in [-0.1, -0.05) is 19.1 Å². The third-order valence-corrected chi connectivity index (χ3v) is 5.45. The van der Waals surface area contributed by atoms with E-state index in [0.717, 1.165) is 41.9 Å². The molecule has 5 nitrogen and oxygen atoms in total. The van der Waals surface area contributed by atoms with Crippen LogP contribution in [0.15, 0.2) is 48.5 Å². The van der Waals surface area contributed by atoms with Crippen molar-refractivity contribution in [3.05, 3.63) is 63.2 Å². The molecule has 1 heterocycles. The molecule has 1 fully saturated rings. The van der Waals surface area contributed by atoms with Gasteiger partial charge in [0, 0.05) is 41.0 Å². The molecule has 27 heavy (non-hydrogen) atoms. The number of likely N-dealkylation sites (N-methyl/N-ethyl adjacent to an activating group) is 1. The van der Waals surface area contributed by atoms with Crippen molar-refractivity contribution in [3.8, 4) is 0 Å². The summed E-state index contributed by atoms with van der Waals surface area (Å²) in [6.07, 6.45) is 0.333. The number of hydrogen-bond acceptors (Lipinski definition) is 3. The van der Waals surface area contributed by atoms with E-state index in [1.54, 1.807) is 24.3 Å². The van der Waals surface area contributed by atoms with Crippen molar-refractivity contribution in [1.82, 2.24) is 9.80 Å². The van der Waals surface area contributed by atoms with Crippen molar-refractivity contribution in [1.29, 1.82) is 0 Å². The normalized spacial score (nSPS) is 14.8. The summed E-state index contributed by atoms with van der Waals surface area (Å²) in [5.74, 6) is -0.00532. The topological polar surface area (TPSA) is 52.6 Å². The van der Waals surface area contributed by atoms with Crippen LogP contribution in [0.5, 0.6) is 0 Å². The third kappa shape index (κ3) is 5.52. The van der Waals surface area contributed by atoms with Crippen LogP contribution in [-0.4, -0.2) is 54.3 Å². The number of nitrogens with zero attached hydrogens (tertiary/aromatic N) is 2. The zero-order chi connectivity index (χ0) is 19.2. The van der Waals surface area contributed by atoms with Crippen LogP contribution in [0.1, 0.15) is 22.8 Å². The zero-order valence-electron chi connectivity index (χ0n) is 15.5. The van der Waals surface area contributed by atoms with Gasteiger partial charge in [0.05, 0.1) is 6.42 Å². The van der Waals surface area contributed by atoms with Gasteiger partial charge >= 0.3 is 0 Å². The number of hydrogen-bond donors (Lipinski definition) is 1. The highest BCUT2D eigenvalue weighted by Gasteiger charge is 2.21. The molecule has 0 unspecified atom stereocenters. The maximum Gasteiger partial charge on any atom is 0.253 e. The number of piperazine rings is 1. The molecule has 1 aliphatic heterocycles. The van der Waals surface area contributed by atoms with E-state index in [9.17, 15) is 9.59 Å². The molecule has 0 spiro atoms. The molecule has 0 saturated carbocycles. The van der Waals surface area contributed by atoms with E-state index in [1.165, 1.54) is 0 Å². The molecular weight excluding hydrogens is 453 g/mol. The lowest BCUT2D eigenvalue weighted by Gasteiger charge is -2.34. The Labute approximate surface area is 173 Å². The summed E-state index contributed by atoms with van der Waals surface area (Å²) in [5, 5.41) is 2.90. The van der Waals surface area contributed by atoms with Crippen LogP contribution in [0.25, 0.3) is 0 Å². The Balaban J connectivity index is 1.55. The van der Waals surface area contributed by atoms with Gasteiger partial charge in [0.1, 0.15) is 0 Å². The number of amides is 2. The largest absolute Gasteiger partial charge is 0.336 e. The van der Waals surface area contributed by atoms with Crippen LogP contribution >= 0.6 is 22.6 Å². The molecule has 3 rings (SSSR count). The Morgan fingerprint density at radius 3 is 2.37 bits per heavy atom. The van der Waals surface area contributed by atoms with E-state index in [2.05, 4.69) is 39.7 Å². The average molecular weight is 477 g/mol. The van der Waals surface area contributed by atoms with E-state index in [4.69, 9.17) is 0 Å². The fourth-order valence-corrected chi connectivity index (χ4v) is 3.79. The van der Waals surface area contributed by atoms with Gasteiger partial charge in [0.15, 0.2) is 0 Å². The predicted molar refractivity (Wildman–Crippen MR) is 116 cm³/mol. The van der Waals surface area contributed by atoms with E-state index >= 15 is 0 Å². The Morgan fingerprint density at radius 1 is 1.04 bits per heavy atom. The first-order valence-corrected chi connectivity index (χ1v) is 10.3. The second-order valence-electron chi connectivity index (χ2n) is 6.66. The molecule has 1 saturated heterocycles. The SMILES string of the molecule is CCN1CCN(C(=O)c2ccc(NC(=O)Cc3cccc(I)c3)cc2)CC1. The Morgan fingerprint density at radius 2 is 1.74 bits per heavy atom. The molecular formula is C21H24IN3O2. The van der Waals surface area contributed by atoms with Crippen LogP contribution < -0.4 is 5.32 Å². The van der Waals surface area contributed by atoms with Crippen LogP contribution in [0.3, 0.4) is 0 Å². The second kappa shape index (κ2) is 9.32. The van der Waals surface area contributed by atoms with Gasteiger partial charge in [-0.15, -0.1) is 0 Å². The number of rotatable bonds is 5. The van der Waals surface area contributed by atoms with Gasteiger partial charge < -0.3 is 15.1 Å². The molecule has 142 valence electrons. The molecule has 6 heteroatoms. The first-order chi connectivity index (χ1) is 13.0. The number of halogens is 1. The van der Waals surface area contributed by atoms with Crippen LogP contribution in [-0.2, 0) is 11.2 Å². The summed E-state index contributed by atoms with van der Waals surface area (Å²) >= 11 is 2.24. The first kappa shape index (κ1) is 19.8. The number of benzene rings is 2. The second-order valence-corrected chi connectivity index (χ2v) is 7.90. The standard InChI is InChI=1S/C21H24IN3O2/c1-2-24-10-12-25(13-11-24)21(27)17-6-8-19(9-7-17)23-20(26)15-16-4-3-5-18(22)14-16/h3-9,14H,2,10-13,15H2,1H3,(H,23,26). The molecule has 2 amide bonds. The van der Waals surface area contributed by atoms with Gasteiger partial charge in [0.2, 0.25) is 5.91 Å². The lowest BCUT2D eigenvalue weighted by atomic mass is 10.1. The van der Waals surface area contributed by atoms with Crippen molar-refractivity contribution in [2.45, 2.75) is 13.3 Å². The van der Waals surface area contributed by atoms with Crippen LogP contribution in [0.2, 0.25) is 0 Å². The van der Waals surface area contributed by atoms with E-state index in [0.29, 0.717) is 17.7 Å². The molecule has 2 aromatic rings. The first-order valence-electron chi connectivity index (χ1n) is 9.21. The minimum Gasteiger partial charge on any atom is -0.336 e. The third-order valence-electron chi connectivity index (χ3n) is 4.78. The lowest BCUT2D eigenvalue weighted by molar-refractivity contribution is -0.115. The highest BCUT2D eigenvalue weighted by molar-refractivity contribution is 14.1. The monoisotopic (exact) mass is 477 g/mol. The molecule has 0 aromatic heterocycles. The van der Waals surface area contributed by atoms with Crippen LogP contribution in [0, 0.1) is 3.57 Å². The molecule has 1 N–H and O–H groups in total. The summed E-state index contributed by atoms with van der Waals surface area (Å²) < 4.78 is 1.11. The molecule has 2 aromatic carbocycles. The predicted octanol–water partition coefficient (Wildman–Crippen LogP) is 3.25. The van der Waals surface area contributed by atoms with E-state index in [-0.39, 0.29) is 11.8 Å².